The number of aryl methyl sites for hydroxylation is 1. The predicted molar refractivity (Wildman–Crippen MR) is 109 cm³/mol. The number of halogens is 1. The number of carbonyl (C=O) groups excluding carboxylic acids is 1. The first-order valence-electron chi connectivity index (χ1n) is 9.62. The molecule has 0 spiro atoms. The van der Waals surface area contributed by atoms with Crippen LogP contribution in [-0.2, 0) is 13.0 Å². The Bertz CT molecular complexity index is 1080. The molecule has 1 N–H and O–H groups in total. The van der Waals surface area contributed by atoms with E-state index in [2.05, 4.69) is 20.1 Å². The molecular weight excluding hydrogens is 392 g/mol. The van der Waals surface area contributed by atoms with Crippen LogP contribution in [0.1, 0.15) is 35.4 Å². The first-order valence-corrected chi connectivity index (χ1v) is 10.00. The summed E-state index contributed by atoms with van der Waals surface area (Å²) in [7, 11) is 0. The van der Waals surface area contributed by atoms with Gasteiger partial charge in [-0.25, -0.2) is 0 Å². The second kappa shape index (κ2) is 7.40. The lowest BCUT2D eigenvalue weighted by molar-refractivity contribution is 0.102. The van der Waals surface area contributed by atoms with Crippen LogP contribution in [0.3, 0.4) is 0 Å². The Balaban J connectivity index is 1.34. The fraction of sp³-hybridized carbons (Fsp3) is 0.286. The number of fused-ring (bicyclic) bond motifs is 2. The largest absolute Gasteiger partial charge is 0.454 e. The Morgan fingerprint density at radius 2 is 1.93 bits per heavy atom. The third-order valence-corrected chi connectivity index (χ3v) is 5.48. The molecule has 0 fully saturated rings. The van der Waals surface area contributed by atoms with Crippen LogP contribution in [0, 0.1) is 0 Å². The van der Waals surface area contributed by atoms with Crippen LogP contribution in [0.15, 0.2) is 36.4 Å². The topological polar surface area (TPSA) is 78.3 Å². The molecule has 3 aromatic rings. The molecule has 1 amide bonds. The zero-order valence-electron chi connectivity index (χ0n) is 15.7. The van der Waals surface area contributed by atoms with Gasteiger partial charge in [0.1, 0.15) is 5.82 Å². The van der Waals surface area contributed by atoms with Gasteiger partial charge in [-0.05, 0) is 49.2 Å². The number of benzene rings is 2. The quantitative estimate of drug-likeness (QED) is 0.696. The van der Waals surface area contributed by atoms with Crippen molar-refractivity contribution in [2.24, 2.45) is 0 Å². The van der Waals surface area contributed by atoms with Gasteiger partial charge in [0.2, 0.25) is 6.79 Å². The van der Waals surface area contributed by atoms with Crippen LogP contribution in [0.4, 0.5) is 5.69 Å². The first-order chi connectivity index (χ1) is 14.2. The summed E-state index contributed by atoms with van der Waals surface area (Å²) < 4.78 is 12.8. The van der Waals surface area contributed by atoms with Gasteiger partial charge in [-0.15, -0.1) is 10.2 Å². The molecule has 0 unspecified atom stereocenters. The summed E-state index contributed by atoms with van der Waals surface area (Å²) >= 11 is 6.17. The van der Waals surface area contributed by atoms with E-state index in [1.165, 1.54) is 6.42 Å². The van der Waals surface area contributed by atoms with Gasteiger partial charge in [0.05, 0.1) is 5.02 Å². The second-order valence-corrected chi connectivity index (χ2v) is 7.53. The maximum absolute atomic E-state index is 12.6. The Kier molecular flexibility index (Phi) is 4.60. The van der Waals surface area contributed by atoms with Crippen LogP contribution in [-0.4, -0.2) is 27.5 Å². The number of nitrogens with one attached hydrogen (secondary N) is 1. The van der Waals surface area contributed by atoms with E-state index in [1.54, 1.807) is 12.1 Å². The Hall–Kier alpha value is -3.06. The third kappa shape index (κ3) is 3.42. The molecule has 0 atom stereocenters. The fourth-order valence-electron chi connectivity index (χ4n) is 3.70. The predicted octanol–water partition coefficient (Wildman–Crippen LogP) is 4.31. The highest BCUT2D eigenvalue weighted by atomic mass is 35.5. The summed E-state index contributed by atoms with van der Waals surface area (Å²) in [5.74, 6) is 2.61. The Labute approximate surface area is 172 Å². The minimum Gasteiger partial charge on any atom is -0.454 e. The monoisotopic (exact) mass is 410 g/mol. The molecule has 1 aromatic heterocycles. The molecule has 0 saturated heterocycles. The van der Waals surface area contributed by atoms with Crippen molar-refractivity contribution in [2.45, 2.75) is 32.2 Å². The van der Waals surface area contributed by atoms with Crippen molar-refractivity contribution >= 4 is 23.2 Å². The van der Waals surface area contributed by atoms with Crippen LogP contribution in [0.5, 0.6) is 11.5 Å². The Morgan fingerprint density at radius 1 is 1.07 bits per heavy atom. The highest BCUT2D eigenvalue weighted by molar-refractivity contribution is 6.32. The number of amides is 1. The highest BCUT2D eigenvalue weighted by Crippen LogP contribution is 2.40. The van der Waals surface area contributed by atoms with E-state index < -0.39 is 0 Å². The summed E-state index contributed by atoms with van der Waals surface area (Å²) in [5.41, 5.74) is 2.07. The van der Waals surface area contributed by atoms with Crippen molar-refractivity contribution in [2.75, 3.05) is 12.1 Å². The third-order valence-electron chi connectivity index (χ3n) is 5.20. The number of hydrogen-bond donors (Lipinski definition) is 1. The zero-order chi connectivity index (χ0) is 19.8. The molecule has 0 bridgehead atoms. The minimum atomic E-state index is -0.269. The molecule has 0 saturated carbocycles. The number of carbonyl (C=O) groups is 1. The number of aromatic nitrogens is 3. The molecule has 2 aliphatic rings. The van der Waals surface area contributed by atoms with Gasteiger partial charge >= 0.3 is 0 Å². The van der Waals surface area contributed by atoms with Crippen molar-refractivity contribution in [3.8, 4) is 22.9 Å². The summed E-state index contributed by atoms with van der Waals surface area (Å²) in [6, 6.07) is 10.8. The highest BCUT2D eigenvalue weighted by Gasteiger charge is 2.21. The molecule has 5 rings (SSSR count). The van der Waals surface area contributed by atoms with E-state index in [4.69, 9.17) is 21.1 Å². The molecule has 0 aliphatic carbocycles. The maximum Gasteiger partial charge on any atom is 0.255 e. The number of anilines is 1. The molecule has 29 heavy (non-hydrogen) atoms. The van der Waals surface area contributed by atoms with E-state index >= 15 is 0 Å². The maximum atomic E-state index is 12.6. The average molecular weight is 411 g/mol. The lowest BCUT2D eigenvalue weighted by Crippen LogP contribution is -2.12. The van der Waals surface area contributed by atoms with Crippen LogP contribution >= 0.6 is 11.6 Å². The van der Waals surface area contributed by atoms with Crippen molar-refractivity contribution in [1.82, 2.24) is 14.8 Å². The van der Waals surface area contributed by atoms with Gasteiger partial charge in [0.25, 0.3) is 5.91 Å². The average Bonchev–Trinajstić information content (AvgIpc) is 3.30. The van der Waals surface area contributed by atoms with Gasteiger partial charge in [-0.3, -0.25) is 4.79 Å². The van der Waals surface area contributed by atoms with Gasteiger partial charge < -0.3 is 19.4 Å². The molecular formula is C21H19ClN4O3. The van der Waals surface area contributed by atoms with E-state index in [0.29, 0.717) is 27.8 Å². The number of hydrogen-bond acceptors (Lipinski definition) is 5. The fourth-order valence-corrected chi connectivity index (χ4v) is 3.97. The first kappa shape index (κ1) is 18.0. The molecule has 148 valence electrons. The summed E-state index contributed by atoms with van der Waals surface area (Å²) in [5, 5.41) is 12.0. The van der Waals surface area contributed by atoms with E-state index in [-0.39, 0.29) is 12.7 Å². The molecule has 3 heterocycles. The normalized spacial score (nSPS) is 14.9. The standard InChI is InChI=1S/C21H19ClN4O3/c22-16-10-14(11-17-19(16)29-12-28-17)21(27)23-15-7-5-13(6-8-15)20-25-24-18-4-2-1-3-9-26(18)20/h5-8,10-11H,1-4,9,12H2,(H,23,27). The van der Waals surface area contributed by atoms with Crippen molar-refractivity contribution in [3.05, 3.63) is 52.8 Å². The smallest absolute Gasteiger partial charge is 0.255 e. The zero-order valence-corrected chi connectivity index (χ0v) is 16.4. The summed E-state index contributed by atoms with van der Waals surface area (Å²) in [6.07, 6.45) is 4.49. The number of nitrogens with zero attached hydrogens (tertiary/aromatic N) is 3. The molecule has 2 aromatic carbocycles. The van der Waals surface area contributed by atoms with Crippen molar-refractivity contribution in [3.63, 3.8) is 0 Å². The summed E-state index contributed by atoms with van der Waals surface area (Å²) in [4.78, 5) is 12.6. The molecule has 0 radical (unpaired) electrons. The minimum absolute atomic E-state index is 0.105. The van der Waals surface area contributed by atoms with E-state index in [9.17, 15) is 4.79 Å². The Morgan fingerprint density at radius 3 is 2.79 bits per heavy atom. The van der Waals surface area contributed by atoms with Gasteiger partial charge in [-0.2, -0.15) is 0 Å². The SMILES string of the molecule is O=C(Nc1ccc(-c2nnc3n2CCCCC3)cc1)c1cc(Cl)c2c(c1)OCO2. The molecule has 2 aliphatic heterocycles. The lowest BCUT2D eigenvalue weighted by atomic mass is 10.1. The van der Waals surface area contributed by atoms with Gasteiger partial charge in [-0.1, -0.05) is 18.0 Å². The number of ether oxygens (including phenoxy) is 2. The van der Waals surface area contributed by atoms with Crippen LogP contribution < -0.4 is 14.8 Å². The van der Waals surface area contributed by atoms with Gasteiger partial charge in [0.15, 0.2) is 17.3 Å². The van der Waals surface area contributed by atoms with Crippen molar-refractivity contribution in [1.29, 1.82) is 0 Å². The molecule has 8 heteroatoms. The summed E-state index contributed by atoms with van der Waals surface area (Å²) in [6.45, 7) is 1.05. The van der Waals surface area contributed by atoms with E-state index in [1.807, 2.05) is 24.3 Å². The van der Waals surface area contributed by atoms with E-state index in [0.717, 1.165) is 43.0 Å². The van der Waals surface area contributed by atoms with Crippen LogP contribution in [0.25, 0.3) is 11.4 Å². The van der Waals surface area contributed by atoms with Crippen molar-refractivity contribution < 1.29 is 14.3 Å². The van der Waals surface area contributed by atoms with Crippen LogP contribution in [0.2, 0.25) is 5.02 Å². The molecule has 7 nitrogen and oxygen atoms in total. The van der Waals surface area contributed by atoms with Gasteiger partial charge in [0, 0.05) is 29.8 Å². The number of rotatable bonds is 3. The lowest BCUT2D eigenvalue weighted by Gasteiger charge is -2.09. The second-order valence-electron chi connectivity index (χ2n) is 7.13.